The molecule has 0 aromatic rings. The number of halogens is 3. The summed E-state index contributed by atoms with van der Waals surface area (Å²) in [5.74, 6) is -2.40. The molecule has 2 aliphatic rings. The highest BCUT2D eigenvalue weighted by Gasteiger charge is 2.41. The largest absolute Gasteiger partial charge is 0.481 e. The van der Waals surface area contributed by atoms with Gasteiger partial charge in [0.2, 0.25) is 5.91 Å². The average Bonchev–Trinajstić information content (AvgIpc) is 2.47. The minimum absolute atomic E-state index is 0.00427. The minimum atomic E-state index is -4.12. The second-order valence-electron chi connectivity index (χ2n) is 6.92. The quantitative estimate of drug-likeness (QED) is 0.826. The fourth-order valence-electron chi connectivity index (χ4n) is 3.73. The minimum Gasteiger partial charge on any atom is -0.481 e. The first kappa shape index (κ1) is 18.1. The van der Waals surface area contributed by atoms with Crippen LogP contribution in [0.5, 0.6) is 0 Å². The van der Waals surface area contributed by atoms with Crippen LogP contribution in [-0.2, 0) is 9.59 Å². The van der Waals surface area contributed by atoms with Gasteiger partial charge in [-0.3, -0.25) is 9.59 Å². The first-order chi connectivity index (χ1) is 10.8. The molecule has 2 fully saturated rings. The van der Waals surface area contributed by atoms with E-state index in [-0.39, 0.29) is 43.0 Å². The van der Waals surface area contributed by atoms with Crippen molar-refractivity contribution in [2.24, 2.45) is 17.8 Å². The number of carboxylic acids is 1. The molecule has 2 aliphatic carbocycles. The van der Waals surface area contributed by atoms with Crippen molar-refractivity contribution in [3.05, 3.63) is 0 Å². The van der Waals surface area contributed by atoms with Gasteiger partial charge in [-0.15, -0.1) is 0 Å². The van der Waals surface area contributed by atoms with Crippen LogP contribution < -0.4 is 5.32 Å². The first-order valence-electron chi connectivity index (χ1n) is 8.34. The van der Waals surface area contributed by atoms with E-state index in [1.54, 1.807) is 0 Å². The molecule has 23 heavy (non-hydrogen) atoms. The maximum atomic E-state index is 12.6. The molecule has 2 rings (SSSR count). The Morgan fingerprint density at radius 3 is 2.00 bits per heavy atom. The SMILES string of the molecule is O=C(CC1CCC(C(F)(F)F)CC1)NC1CCC(C(=O)O)CC1. The van der Waals surface area contributed by atoms with Crippen molar-refractivity contribution < 1.29 is 27.9 Å². The maximum absolute atomic E-state index is 12.6. The first-order valence-corrected chi connectivity index (χ1v) is 8.34. The summed E-state index contributed by atoms with van der Waals surface area (Å²) in [7, 11) is 0. The van der Waals surface area contributed by atoms with Crippen LogP contribution >= 0.6 is 0 Å². The number of alkyl halides is 3. The Morgan fingerprint density at radius 1 is 0.957 bits per heavy atom. The molecule has 4 nitrogen and oxygen atoms in total. The lowest BCUT2D eigenvalue weighted by molar-refractivity contribution is -0.184. The van der Waals surface area contributed by atoms with Gasteiger partial charge in [-0.1, -0.05) is 0 Å². The molecule has 0 spiro atoms. The number of hydrogen-bond donors (Lipinski definition) is 2. The summed E-state index contributed by atoms with van der Waals surface area (Å²) < 4.78 is 37.8. The number of amides is 1. The van der Waals surface area contributed by atoms with Crippen LogP contribution in [0.4, 0.5) is 13.2 Å². The lowest BCUT2D eigenvalue weighted by Gasteiger charge is -2.30. The zero-order valence-electron chi connectivity index (χ0n) is 13.1. The molecule has 0 aromatic carbocycles. The van der Waals surface area contributed by atoms with Crippen molar-refractivity contribution in [3.8, 4) is 0 Å². The van der Waals surface area contributed by atoms with Crippen molar-refractivity contribution in [1.82, 2.24) is 5.32 Å². The molecule has 0 radical (unpaired) electrons. The van der Waals surface area contributed by atoms with Crippen LogP contribution in [0.25, 0.3) is 0 Å². The molecule has 2 N–H and O–H groups in total. The summed E-state index contributed by atoms with van der Waals surface area (Å²) in [6.07, 6.45) is -0.260. The van der Waals surface area contributed by atoms with Gasteiger partial charge in [0, 0.05) is 12.5 Å². The highest BCUT2D eigenvalue weighted by atomic mass is 19.4. The number of rotatable bonds is 4. The van der Waals surface area contributed by atoms with Crippen LogP contribution in [0.15, 0.2) is 0 Å². The Morgan fingerprint density at radius 2 is 1.52 bits per heavy atom. The summed E-state index contributed by atoms with van der Waals surface area (Å²) in [6.45, 7) is 0. The van der Waals surface area contributed by atoms with Gasteiger partial charge in [0.25, 0.3) is 0 Å². The van der Waals surface area contributed by atoms with E-state index < -0.39 is 18.1 Å². The monoisotopic (exact) mass is 335 g/mol. The van der Waals surface area contributed by atoms with E-state index in [0.29, 0.717) is 38.5 Å². The Bertz CT molecular complexity index is 423. The molecule has 2 saturated carbocycles. The zero-order valence-corrected chi connectivity index (χ0v) is 13.1. The second kappa shape index (κ2) is 7.53. The Kier molecular flexibility index (Phi) is 5.92. The van der Waals surface area contributed by atoms with E-state index in [9.17, 15) is 22.8 Å². The maximum Gasteiger partial charge on any atom is 0.391 e. The van der Waals surface area contributed by atoms with E-state index in [1.807, 2.05) is 0 Å². The fraction of sp³-hybridized carbons (Fsp3) is 0.875. The number of carbonyl (C=O) groups excluding carboxylic acids is 1. The Labute approximate surface area is 133 Å². The van der Waals surface area contributed by atoms with Gasteiger partial charge < -0.3 is 10.4 Å². The van der Waals surface area contributed by atoms with Crippen LogP contribution in [0.1, 0.15) is 57.8 Å². The van der Waals surface area contributed by atoms with Crippen molar-refractivity contribution in [3.63, 3.8) is 0 Å². The zero-order chi connectivity index (χ0) is 17.0. The predicted molar refractivity (Wildman–Crippen MR) is 77.6 cm³/mol. The second-order valence-corrected chi connectivity index (χ2v) is 6.92. The van der Waals surface area contributed by atoms with E-state index >= 15 is 0 Å². The van der Waals surface area contributed by atoms with Gasteiger partial charge in [-0.25, -0.2) is 0 Å². The summed E-state index contributed by atoms with van der Waals surface area (Å²) in [5, 5.41) is 11.8. The third kappa shape index (κ3) is 5.39. The molecule has 0 aliphatic heterocycles. The van der Waals surface area contributed by atoms with Gasteiger partial charge in [0.15, 0.2) is 0 Å². The molecular weight excluding hydrogens is 311 g/mol. The summed E-state index contributed by atoms with van der Waals surface area (Å²) in [4.78, 5) is 22.9. The number of aliphatic carboxylic acids is 1. The number of hydrogen-bond acceptors (Lipinski definition) is 2. The van der Waals surface area contributed by atoms with E-state index in [0.717, 1.165) is 0 Å². The van der Waals surface area contributed by atoms with Crippen molar-refractivity contribution in [2.75, 3.05) is 0 Å². The van der Waals surface area contributed by atoms with Gasteiger partial charge in [-0.2, -0.15) is 13.2 Å². The van der Waals surface area contributed by atoms with Gasteiger partial charge >= 0.3 is 12.1 Å². The number of carboxylic acid groups (broad SMARTS) is 1. The van der Waals surface area contributed by atoms with Crippen molar-refractivity contribution in [1.29, 1.82) is 0 Å². The molecule has 7 heteroatoms. The highest BCUT2D eigenvalue weighted by Crippen LogP contribution is 2.40. The molecule has 0 saturated heterocycles. The molecular formula is C16H24F3NO3. The van der Waals surface area contributed by atoms with Crippen LogP contribution in [0, 0.1) is 17.8 Å². The smallest absolute Gasteiger partial charge is 0.391 e. The Balaban J connectivity index is 1.67. The standard InChI is InChI=1S/C16H24F3NO3/c17-16(18,19)12-5-1-10(2-6-12)9-14(21)20-13-7-3-11(4-8-13)15(22)23/h10-13H,1-9H2,(H,20,21)(H,22,23). The topological polar surface area (TPSA) is 66.4 Å². The predicted octanol–water partition coefficient (Wildman–Crippen LogP) is 3.50. The van der Waals surface area contributed by atoms with Gasteiger partial charge in [0.1, 0.15) is 0 Å². The summed E-state index contributed by atoms with van der Waals surface area (Å²) in [6, 6.07) is 0.00427. The molecule has 1 amide bonds. The number of carbonyl (C=O) groups is 2. The van der Waals surface area contributed by atoms with E-state index in [1.165, 1.54) is 0 Å². The van der Waals surface area contributed by atoms with Crippen LogP contribution in [0.2, 0.25) is 0 Å². The van der Waals surface area contributed by atoms with Crippen molar-refractivity contribution >= 4 is 11.9 Å². The lowest BCUT2D eigenvalue weighted by atomic mass is 9.80. The molecule has 0 unspecified atom stereocenters. The molecule has 0 atom stereocenters. The average molecular weight is 335 g/mol. The van der Waals surface area contributed by atoms with Gasteiger partial charge in [0.05, 0.1) is 11.8 Å². The molecule has 0 heterocycles. The fourth-order valence-corrected chi connectivity index (χ4v) is 3.73. The van der Waals surface area contributed by atoms with Crippen LogP contribution in [-0.4, -0.2) is 29.2 Å². The molecule has 0 aromatic heterocycles. The normalized spacial score (nSPS) is 32.3. The summed E-state index contributed by atoms with van der Waals surface area (Å²) >= 11 is 0. The lowest BCUT2D eigenvalue weighted by Crippen LogP contribution is -2.39. The van der Waals surface area contributed by atoms with Crippen molar-refractivity contribution in [2.45, 2.75) is 70.0 Å². The van der Waals surface area contributed by atoms with Gasteiger partial charge in [-0.05, 0) is 57.3 Å². The Hall–Kier alpha value is -1.27. The van der Waals surface area contributed by atoms with E-state index in [2.05, 4.69) is 5.32 Å². The molecule has 132 valence electrons. The third-order valence-electron chi connectivity index (χ3n) is 5.23. The number of nitrogens with one attached hydrogen (secondary N) is 1. The highest BCUT2D eigenvalue weighted by molar-refractivity contribution is 5.76. The molecule has 0 bridgehead atoms. The van der Waals surface area contributed by atoms with E-state index in [4.69, 9.17) is 5.11 Å². The summed E-state index contributed by atoms with van der Waals surface area (Å²) in [5.41, 5.74) is 0. The van der Waals surface area contributed by atoms with Crippen LogP contribution in [0.3, 0.4) is 0 Å². The third-order valence-corrected chi connectivity index (χ3v) is 5.23.